The van der Waals surface area contributed by atoms with Gasteiger partial charge in [0.1, 0.15) is 0 Å². The molecule has 0 saturated heterocycles. The van der Waals surface area contributed by atoms with E-state index >= 15 is 0 Å². The van der Waals surface area contributed by atoms with Crippen molar-refractivity contribution in [1.82, 2.24) is 5.32 Å². The molecule has 0 fully saturated rings. The fourth-order valence-corrected chi connectivity index (χ4v) is 0.144. The number of rotatable bonds is 2. The summed E-state index contributed by atoms with van der Waals surface area (Å²) >= 11 is 0. The molecule has 2 heteroatoms. The van der Waals surface area contributed by atoms with E-state index in [0.717, 1.165) is 13.1 Å². The third-order valence-corrected chi connectivity index (χ3v) is 0.394. The molecule has 0 aromatic heterocycles. The molecule has 0 aromatic carbocycles. The number of nitrogens with two attached hydrogens (primary N) is 1. The van der Waals surface area contributed by atoms with Crippen molar-refractivity contribution >= 4 is 0 Å². The van der Waals surface area contributed by atoms with Crippen LogP contribution in [-0.4, -0.2) is 20.1 Å². The van der Waals surface area contributed by atoms with E-state index in [1.807, 2.05) is 7.05 Å². The normalized spacial score (nSPS) is 4.67. The highest BCUT2D eigenvalue weighted by atomic mass is 14.8. The van der Waals surface area contributed by atoms with Crippen LogP contribution in [0.2, 0.25) is 0 Å². The lowest BCUT2D eigenvalue weighted by molar-refractivity contribution is 0.802. The molecule has 0 aliphatic heterocycles. The molecule has 0 aliphatic carbocycles. The molecule has 0 radical (unpaired) electrons. The van der Waals surface area contributed by atoms with Crippen LogP contribution >= 0.6 is 0 Å². The monoisotopic (exact) mass is 138 g/mol. The Morgan fingerprint density at radius 2 is 1.44 bits per heavy atom. The van der Waals surface area contributed by atoms with E-state index in [1.54, 1.807) is 0 Å². The Bertz CT molecular complexity index is 14.4. The fourth-order valence-electron chi connectivity index (χ4n) is 0.144. The van der Waals surface area contributed by atoms with Gasteiger partial charge in [0.15, 0.2) is 0 Å². The van der Waals surface area contributed by atoms with Crippen LogP contribution in [0.15, 0.2) is 0 Å². The molecule has 0 spiro atoms. The minimum Gasteiger partial charge on any atom is -0.329 e. The molecule has 0 saturated carbocycles. The Hall–Kier alpha value is -0.0800. The van der Waals surface area contributed by atoms with Gasteiger partial charge in [-0.3, -0.25) is 0 Å². The van der Waals surface area contributed by atoms with Crippen LogP contribution in [0.25, 0.3) is 0 Å². The highest BCUT2D eigenvalue weighted by Crippen LogP contribution is 1.37. The largest absolute Gasteiger partial charge is 0.329 e. The molecule has 0 aromatic rings. The van der Waals surface area contributed by atoms with E-state index in [2.05, 4.69) is 5.32 Å². The molecule has 2 nitrogen and oxygen atoms in total. The average molecular weight is 138 g/mol. The standard InChI is InChI=1S/C3H10N2.4CH4/c1-5-3-2-4;;;;/h5H,2-4H2,1H3;4*1H4. The number of hydrogen-bond donors (Lipinski definition) is 2. The zero-order chi connectivity index (χ0) is 4.12. The van der Waals surface area contributed by atoms with Gasteiger partial charge in [-0.05, 0) is 7.05 Å². The second-order valence-electron chi connectivity index (χ2n) is 0.892. The van der Waals surface area contributed by atoms with Crippen LogP contribution in [0.5, 0.6) is 0 Å². The Labute approximate surface area is 61.8 Å². The molecule has 0 rings (SSSR count). The van der Waals surface area contributed by atoms with E-state index in [0.29, 0.717) is 0 Å². The van der Waals surface area contributed by atoms with Crippen LogP contribution in [-0.2, 0) is 0 Å². The molecule has 0 unspecified atom stereocenters. The lowest BCUT2D eigenvalue weighted by Gasteiger charge is -1.85. The smallest absolute Gasteiger partial charge is 0.00714 e. The van der Waals surface area contributed by atoms with Gasteiger partial charge in [-0.2, -0.15) is 0 Å². The maximum absolute atomic E-state index is 5.08. The Morgan fingerprint density at radius 3 is 1.44 bits per heavy atom. The van der Waals surface area contributed by atoms with Crippen LogP contribution in [0.1, 0.15) is 29.7 Å². The van der Waals surface area contributed by atoms with Gasteiger partial charge in [0, 0.05) is 13.1 Å². The summed E-state index contributed by atoms with van der Waals surface area (Å²) in [6.07, 6.45) is 0. The highest BCUT2D eigenvalue weighted by molar-refractivity contribution is 4.33. The first kappa shape index (κ1) is 36.4. The summed E-state index contributed by atoms with van der Waals surface area (Å²) in [5.74, 6) is 0. The second-order valence-corrected chi connectivity index (χ2v) is 0.892. The second kappa shape index (κ2) is 44.5. The van der Waals surface area contributed by atoms with Crippen molar-refractivity contribution in [1.29, 1.82) is 0 Å². The van der Waals surface area contributed by atoms with E-state index in [1.165, 1.54) is 0 Å². The van der Waals surface area contributed by atoms with Crippen molar-refractivity contribution in [3.8, 4) is 0 Å². The molecule has 0 amide bonds. The van der Waals surface area contributed by atoms with Gasteiger partial charge in [0.25, 0.3) is 0 Å². The third kappa shape index (κ3) is 75.3. The first-order valence-corrected chi connectivity index (χ1v) is 1.76. The van der Waals surface area contributed by atoms with Crippen LogP contribution in [0.4, 0.5) is 0 Å². The van der Waals surface area contributed by atoms with Crippen LogP contribution in [0, 0.1) is 0 Å². The molecular formula is C7H26N2. The third-order valence-electron chi connectivity index (χ3n) is 0.394. The van der Waals surface area contributed by atoms with Crippen molar-refractivity contribution in [2.75, 3.05) is 20.1 Å². The fraction of sp³-hybridized carbons (Fsp3) is 1.00. The molecule has 0 atom stereocenters. The van der Waals surface area contributed by atoms with Crippen molar-refractivity contribution in [3.63, 3.8) is 0 Å². The van der Waals surface area contributed by atoms with Gasteiger partial charge in [-0.1, -0.05) is 29.7 Å². The maximum Gasteiger partial charge on any atom is 0.00714 e. The molecule has 9 heavy (non-hydrogen) atoms. The molecule has 64 valence electrons. The van der Waals surface area contributed by atoms with E-state index in [9.17, 15) is 0 Å². The zero-order valence-corrected chi connectivity index (χ0v) is 3.49. The minimum absolute atomic E-state index is 0. The van der Waals surface area contributed by atoms with Gasteiger partial charge in [-0.15, -0.1) is 0 Å². The van der Waals surface area contributed by atoms with Gasteiger partial charge in [-0.25, -0.2) is 0 Å². The van der Waals surface area contributed by atoms with Crippen molar-refractivity contribution in [2.24, 2.45) is 5.73 Å². The topological polar surface area (TPSA) is 38.0 Å². The summed E-state index contributed by atoms with van der Waals surface area (Å²) in [7, 11) is 1.88. The summed E-state index contributed by atoms with van der Waals surface area (Å²) in [6, 6.07) is 0. The summed E-state index contributed by atoms with van der Waals surface area (Å²) < 4.78 is 0. The Kier molecular flexibility index (Phi) is 180. The predicted molar refractivity (Wildman–Crippen MR) is 49.9 cm³/mol. The van der Waals surface area contributed by atoms with Gasteiger partial charge >= 0.3 is 0 Å². The first-order valence-electron chi connectivity index (χ1n) is 1.76. The summed E-state index contributed by atoms with van der Waals surface area (Å²) in [4.78, 5) is 0. The van der Waals surface area contributed by atoms with Gasteiger partial charge in [0.05, 0.1) is 0 Å². The van der Waals surface area contributed by atoms with E-state index in [-0.39, 0.29) is 29.7 Å². The lowest BCUT2D eigenvalue weighted by Crippen LogP contribution is -2.17. The molecular weight excluding hydrogens is 112 g/mol. The highest BCUT2D eigenvalue weighted by Gasteiger charge is 1.64. The molecule has 0 bridgehead atoms. The van der Waals surface area contributed by atoms with Crippen LogP contribution in [0.3, 0.4) is 0 Å². The maximum atomic E-state index is 5.08. The Morgan fingerprint density at radius 1 is 1.11 bits per heavy atom. The van der Waals surface area contributed by atoms with Gasteiger partial charge < -0.3 is 11.1 Å². The number of likely N-dealkylation sites (N-methyl/N-ethyl adjacent to an activating group) is 1. The van der Waals surface area contributed by atoms with Crippen molar-refractivity contribution < 1.29 is 0 Å². The summed E-state index contributed by atoms with van der Waals surface area (Å²) in [5.41, 5.74) is 5.08. The number of hydrogen-bond acceptors (Lipinski definition) is 2. The first-order chi connectivity index (χ1) is 2.41. The average Bonchev–Trinajstić information content (AvgIpc) is 1.41. The van der Waals surface area contributed by atoms with Crippen molar-refractivity contribution in [2.45, 2.75) is 29.7 Å². The number of nitrogens with one attached hydrogen (secondary N) is 1. The van der Waals surface area contributed by atoms with Crippen molar-refractivity contribution in [3.05, 3.63) is 0 Å². The zero-order valence-electron chi connectivity index (χ0n) is 3.49. The minimum atomic E-state index is 0. The quantitative estimate of drug-likeness (QED) is 0.609. The summed E-state index contributed by atoms with van der Waals surface area (Å²) in [6.45, 7) is 1.65. The Balaban J connectivity index is -0.0000000133. The molecule has 3 N–H and O–H groups in total. The van der Waals surface area contributed by atoms with E-state index < -0.39 is 0 Å². The van der Waals surface area contributed by atoms with Crippen LogP contribution < -0.4 is 11.1 Å². The SMILES string of the molecule is C.C.C.C.CNCCN. The molecule has 0 heterocycles. The predicted octanol–water partition coefficient (Wildman–Crippen LogP) is 1.71. The lowest BCUT2D eigenvalue weighted by atomic mass is 10.7. The molecule has 0 aliphatic rings. The van der Waals surface area contributed by atoms with E-state index in [4.69, 9.17) is 5.73 Å². The van der Waals surface area contributed by atoms with Gasteiger partial charge in [0.2, 0.25) is 0 Å². The summed E-state index contributed by atoms with van der Waals surface area (Å²) in [5, 5.41) is 2.89.